The minimum Gasteiger partial charge on any atom is -0.322 e. The summed E-state index contributed by atoms with van der Waals surface area (Å²) in [7, 11) is 0. The lowest BCUT2D eigenvalue weighted by Gasteiger charge is -2.36. The van der Waals surface area contributed by atoms with E-state index in [4.69, 9.17) is 0 Å². The van der Waals surface area contributed by atoms with Gasteiger partial charge in [0, 0.05) is 37.1 Å². The molecule has 8 heteroatoms. The zero-order chi connectivity index (χ0) is 23.4. The Kier molecular flexibility index (Phi) is 6.31. The first-order valence-electron chi connectivity index (χ1n) is 10.4. The van der Waals surface area contributed by atoms with Gasteiger partial charge in [0.2, 0.25) is 0 Å². The van der Waals surface area contributed by atoms with E-state index >= 15 is 0 Å². The molecule has 0 unspecified atom stereocenters. The Morgan fingerprint density at radius 3 is 2.52 bits per heavy atom. The first-order chi connectivity index (χ1) is 16.0. The van der Waals surface area contributed by atoms with Crippen LogP contribution in [0.15, 0.2) is 66.7 Å². The van der Waals surface area contributed by atoms with E-state index in [-0.39, 0.29) is 11.6 Å². The van der Waals surface area contributed by atoms with E-state index in [9.17, 15) is 23.6 Å². The summed E-state index contributed by atoms with van der Waals surface area (Å²) in [5.41, 5.74) is 2.14. The van der Waals surface area contributed by atoms with E-state index in [0.29, 0.717) is 42.6 Å². The van der Waals surface area contributed by atoms with Crippen LogP contribution >= 0.6 is 0 Å². The van der Waals surface area contributed by atoms with Crippen LogP contribution in [-0.2, 0) is 6.54 Å². The van der Waals surface area contributed by atoms with Crippen molar-refractivity contribution in [2.24, 2.45) is 0 Å². The normalized spacial score (nSPS) is 13.5. The van der Waals surface area contributed by atoms with Crippen LogP contribution in [0.4, 0.5) is 25.0 Å². The highest BCUT2D eigenvalue weighted by Gasteiger charge is 2.27. The Bertz CT molecular complexity index is 1240. The predicted octanol–water partition coefficient (Wildman–Crippen LogP) is 4.92. The number of nitrogens with one attached hydrogen (secondary N) is 1. The van der Waals surface area contributed by atoms with E-state index in [1.54, 1.807) is 46.2 Å². The maximum atomic E-state index is 13.8. The van der Waals surface area contributed by atoms with E-state index < -0.39 is 17.5 Å². The number of hydrogen-bond donors (Lipinski definition) is 1. The molecule has 0 atom stereocenters. The zero-order valence-electron chi connectivity index (χ0n) is 17.6. The third-order valence-electron chi connectivity index (χ3n) is 5.42. The van der Waals surface area contributed by atoms with Gasteiger partial charge in [-0.05, 0) is 54.4 Å². The number of nitriles is 1. The lowest BCUT2D eigenvalue weighted by atomic mass is 10.1. The third kappa shape index (κ3) is 4.83. The second kappa shape index (κ2) is 9.49. The standard InChI is InChI=1S/C25H20F2N4O2/c26-19-6-11-22(23(27)14-19)24(32)29-20-7-9-21(10-8-20)31-13-3-12-30(25(31)33)16-18-5-2-1-4-17(18)15-28/h1-2,4-11,14H,3,12-13,16H2,(H,29,32). The molecular weight excluding hydrogens is 426 g/mol. The van der Waals surface area contributed by atoms with Gasteiger partial charge in [0.25, 0.3) is 5.91 Å². The van der Waals surface area contributed by atoms with Crippen molar-refractivity contribution in [1.29, 1.82) is 5.26 Å². The van der Waals surface area contributed by atoms with Crippen molar-refractivity contribution in [2.75, 3.05) is 23.3 Å². The number of nitrogens with zero attached hydrogens (tertiary/aromatic N) is 3. The van der Waals surface area contributed by atoms with Crippen molar-refractivity contribution < 1.29 is 18.4 Å². The van der Waals surface area contributed by atoms with Gasteiger partial charge in [-0.15, -0.1) is 0 Å². The Labute approximate surface area is 189 Å². The summed E-state index contributed by atoms with van der Waals surface area (Å²) in [6.45, 7) is 1.48. The highest BCUT2D eigenvalue weighted by molar-refractivity contribution is 6.04. The fourth-order valence-corrected chi connectivity index (χ4v) is 3.74. The molecule has 0 spiro atoms. The highest BCUT2D eigenvalue weighted by atomic mass is 19.1. The number of anilines is 2. The molecule has 166 valence electrons. The summed E-state index contributed by atoms with van der Waals surface area (Å²) in [5.74, 6) is -2.40. The molecule has 0 bridgehead atoms. The summed E-state index contributed by atoms with van der Waals surface area (Å²) in [4.78, 5) is 28.7. The first-order valence-corrected chi connectivity index (χ1v) is 10.4. The van der Waals surface area contributed by atoms with Crippen LogP contribution in [0, 0.1) is 23.0 Å². The van der Waals surface area contributed by atoms with Crippen molar-refractivity contribution in [3.05, 3.63) is 95.1 Å². The summed E-state index contributed by atoms with van der Waals surface area (Å²) >= 11 is 0. The fraction of sp³-hybridized carbons (Fsp3) is 0.160. The fourth-order valence-electron chi connectivity index (χ4n) is 3.74. The van der Waals surface area contributed by atoms with Gasteiger partial charge in [-0.2, -0.15) is 5.26 Å². The lowest BCUT2D eigenvalue weighted by molar-refractivity contribution is 0.102. The van der Waals surface area contributed by atoms with Crippen LogP contribution in [0.5, 0.6) is 0 Å². The molecule has 0 saturated carbocycles. The lowest BCUT2D eigenvalue weighted by Crippen LogP contribution is -2.49. The van der Waals surface area contributed by atoms with Gasteiger partial charge in [-0.25, -0.2) is 13.6 Å². The minimum absolute atomic E-state index is 0.167. The molecule has 1 aliphatic heterocycles. The number of carbonyl (C=O) groups is 2. The van der Waals surface area contributed by atoms with Gasteiger partial charge < -0.3 is 10.2 Å². The van der Waals surface area contributed by atoms with Gasteiger partial charge in [0.05, 0.1) is 17.2 Å². The first kappa shape index (κ1) is 22.0. The summed E-state index contributed by atoms with van der Waals surface area (Å²) in [6.07, 6.45) is 0.767. The Balaban J connectivity index is 1.45. The van der Waals surface area contributed by atoms with E-state index in [2.05, 4.69) is 11.4 Å². The molecule has 6 nitrogen and oxygen atoms in total. The van der Waals surface area contributed by atoms with Gasteiger partial charge in [-0.3, -0.25) is 9.69 Å². The SMILES string of the molecule is N#Cc1ccccc1CN1CCCN(c2ccc(NC(=O)c3ccc(F)cc3F)cc2)C1=O. The molecule has 4 rings (SSSR count). The van der Waals surface area contributed by atoms with Crippen LogP contribution in [-0.4, -0.2) is 29.9 Å². The third-order valence-corrected chi connectivity index (χ3v) is 5.42. The number of hydrogen-bond acceptors (Lipinski definition) is 3. The number of amides is 3. The maximum Gasteiger partial charge on any atom is 0.324 e. The summed E-state index contributed by atoms with van der Waals surface area (Å²) in [6, 6.07) is 18.6. The van der Waals surface area contributed by atoms with E-state index in [1.807, 2.05) is 12.1 Å². The maximum absolute atomic E-state index is 13.8. The van der Waals surface area contributed by atoms with Crippen molar-refractivity contribution in [3.8, 4) is 6.07 Å². The molecular formula is C25H20F2N4O2. The molecule has 1 N–H and O–H groups in total. The largest absolute Gasteiger partial charge is 0.324 e. The zero-order valence-corrected chi connectivity index (χ0v) is 17.6. The Morgan fingerprint density at radius 1 is 1.03 bits per heavy atom. The molecule has 33 heavy (non-hydrogen) atoms. The van der Waals surface area contributed by atoms with Gasteiger partial charge in [-0.1, -0.05) is 18.2 Å². The average Bonchev–Trinajstić information content (AvgIpc) is 2.81. The molecule has 3 aromatic rings. The molecule has 3 aromatic carbocycles. The van der Waals surface area contributed by atoms with E-state index in [0.717, 1.165) is 24.1 Å². The second-order valence-electron chi connectivity index (χ2n) is 7.60. The molecule has 1 aliphatic rings. The quantitative estimate of drug-likeness (QED) is 0.604. The molecule has 0 radical (unpaired) electrons. The summed E-state index contributed by atoms with van der Waals surface area (Å²) in [5, 5.41) is 11.9. The van der Waals surface area contributed by atoms with Crippen molar-refractivity contribution in [1.82, 2.24) is 4.90 Å². The van der Waals surface area contributed by atoms with Crippen molar-refractivity contribution in [3.63, 3.8) is 0 Å². The number of halogens is 2. The van der Waals surface area contributed by atoms with Crippen LogP contribution in [0.2, 0.25) is 0 Å². The van der Waals surface area contributed by atoms with E-state index in [1.165, 1.54) is 0 Å². The van der Waals surface area contributed by atoms with Crippen LogP contribution in [0.3, 0.4) is 0 Å². The number of urea groups is 1. The molecule has 1 fully saturated rings. The molecule has 0 aliphatic carbocycles. The van der Waals surface area contributed by atoms with Crippen LogP contribution in [0.1, 0.15) is 27.9 Å². The summed E-state index contributed by atoms with van der Waals surface area (Å²) < 4.78 is 26.9. The van der Waals surface area contributed by atoms with Crippen molar-refractivity contribution in [2.45, 2.75) is 13.0 Å². The van der Waals surface area contributed by atoms with Crippen LogP contribution < -0.4 is 10.2 Å². The monoisotopic (exact) mass is 446 g/mol. The Morgan fingerprint density at radius 2 is 1.79 bits per heavy atom. The smallest absolute Gasteiger partial charge is 0.322 e. The Hall–Kier alpha value is -4.25. The van der Waals surface area contributed by atoms with Gasteiger partial charge in [0.15, 0.2) is 0 Å². The van der Waals surface area contributed by atoms with Crippen LogP contribution in [0.25, 0.3) is 0 Å². The predicted molar refractivity (Wildman–Crippen MR) is 120 cm³/mol. The van der Waals surface area contributed by atoms with Gasteiger partial charge in [0.1, 0.15) is 11.6 Å². The minimum atomic E-state index is -0.943. The molecule has 1 saturated heterocycles. The number of rotatable bonds is 5. The van der Waals surface area contributed by atoms with Crippen molar-refractivity contribution >= 4 is 23.3 Å². The molecule has 0 aromatic heterocycles. The molecule has 3 amide bonds. The topological polar surface area (TPSA) is 76.4 Å². The number of carbonyl (C=O) groups excluding carboxylic acids is 2. The average molecular weight is 446 g/mol. The highest BCUT2D eigenvalue weighted by Crippen LogP contribution is 2.24. The second-order valence-corrected chi connectivity index (χ2v) is 7.60. The van der Waals surface area contributed by atoms with Gasteiger partial charge >= 0.3 is 6.03 Å². The molecule has 1 heterocycles. The number of benzene rings is 3.